The Hall–Kier alpha value is -0.450. The van der Waals surface area contributed by atoms with Crippen molar-refractivity contribution in [1.29, 1.82) is 0 Å². The summed E-state index contributed by atoms with van der Waals surface area (Å²) >= 11 is 3.26. The predicted molar refractivity (Wildman–Crippen MR) is 67.1 cm³/mol. The molecule has 0 spiro atoms. The van der Waals surface area contributed by atoms with Gasteiger partial charge in [0, 0.05) is 12.6 Å². The highest BCUT2D eigenvalue weighted by atomic mass is 79.9. The van der Waals surface area contributed by atoms with E-state index in [0.29, 0.717) is 17.7 Å². The molecule has 0 saturated carbocycles. The van der Waals surface area contributed by atoms with Crippen LogP contribution in [0.15, 0.2) is 22.7 Å². The Kier molecular flexibility index (Phi) is 5.95. The summed E-state index contributed by atoms with van der Waals surface area (Å²) in [6, 6.07) is 5.30. The van der Waals surface area contributed by atoms with E-state index in [1.807, 2.05) is 20.0 Å². The van der Waals surface area contributed by atoms with Crippen LogP contribution in [0.1, 0.15) is 12.5 Å². The second-order valence-corrected chi connectivity index (χ2v) is 4.36. The van der Waals surface area contributed by atoms with E-state index in [1.165, 1.54) is 6.07 Å². The highest BCUT2D eigenvalue weighted by Gasteiger charge is 2.11. The Balaban J connectivity index is 2.66. The van der Waals surface area contributed by atoms with Gasteiger partial charge >= 0.3 is 0 Å². The maximum atomic E-state index is 13.3. The minimum absolute atomic E-state index is 0.207. The predicted octanol–water partition coefficient (Wildman–Crippen LogP) is 2.76. The van der Waals surface area contributed by atoms with Crippen molar-refractivity contribution >= 4 is 15.9 Å². The van der Waals surface area contributed by atoms with Crippen LogP contribution in [0.4, 0.5) is 4.39 Å². The average Bonchev–Trinajstić information content (AvgIpc) is 2.30. The van der Waals surface area contributed by atoms with Crippen LogP contribution in [-0.2, 0) is 11.2 Å². The van der Waals surface area contributed by atoms with Gasteiger partial charge in [0.25, 0.3) is 0 Å². The Labute approximate surface area is 104 Å². The minimum Gasteiger partial charge on any atom is -0.380 e. The zero-order valence-corrected chi connectivity index (χ0v) is 11.2. The smallest absolute Gasteiger partial charge is 0.137 e. The summed E-state index contributed by atoms with van der Waals surface area (Å²) in [5.41, 5.74) is 0.957. The summed E-state index contributed by atoms with van der Waals surface area (Å²) in [7, 11) is 1.89. The first-order valence-corrected chi connectivity index (χ1v) is 6.16. The summed E-state index contributed by atoms with van der Waals surface area (Å²) in [6.07, 6.45) is 0.745. The topological polar surface area (TPSA) is 21.3 Å². The summed E-state index contributed by atoms with van der Waals surface area (Å²) in [5.74, 6) is -0.219. The van der Waals surface area contributed by atoms with Gasteiger partial charge < -0.3 is 10.1 Å². The number of likely N-dealkylation sites (N-methyl/N-ethyl adjacent to an activating group) is 1. The molecule has 0 radical (unpaired) electrons. The zero-order valence-electron chi connectivity index (χ0n) is 9.59. The molecular formula is C12H17BrFNO. The molecule has 4 heteroatoms. The van der Waals surface area contributed by atoms with Crippen molar-refractivity contribution in [2.45, 2.75) is 19.4 Å². The van der Waals surface area contributed by atoms with Crippen molar-refractivity contribution in [3.05, 3.63) is 34.1 Å². The molecule has 0 amide bonds. The Morgan fingerprint density at radius 1 is 1.50 bits per heavy atom. The monoisotopic (exact) mass is 289 g/mol. The van der Waals surface area contributed by atoms with Crippen LogP contribution < -0.4 is 5.32 Å². The molecule has 0 aromatic heterocycles. The van der Waals surface area contributed by atoms with Gasteiger partial charge in [-0.1, -0.05) is 12.1 Å². The lowest BCUT2D eigenvalue weighted by atomic mass is 10.1. The van der Waals surface area contributed by atoms with Gasteiger partial charge in [0.2, 0.25) is 0 Å². The van der Waals surface area contributed by atoms with Gasteiger partial charge in [0.05, 0.1) is 11.1 Å². The molecule has 0 aliphatic heterocycles. The summed E-state index contributed by atoms with van der Waals surface area (Å²) < 4.78 is 19.2. The van der Waals surface area contributed by atoms with Gasteiger partial charge in [0.1, 0.15) is 5.82 Å². The third-order valence-electron chi connectivity index (χ3n) is 2.43. The molecule has 90 valence electrons. The summed E-state index contributed by atoms with van der Waals surface area (Å²) in [5, 5.41) is 3.16. The highest BCUT2D eigenvalue weighted by molar-refractivity contribution is 9.10. The van der Waals surface area contributed by atoms with E-state index in [0.717, 1.165) is 12.0 Å². The first-order valence-electron chi connectivity index (χ1n) is 5.37. The molecule has 0 fully saturated rings. The van der Waals surface area contributed by atoms with Gasteiger partial charge in [0.15, 0.2) is 0 Å². The molecule has 1 unspecified atom stereocenters. The number of hydrogen-bond acceptors (Lipinski definition) is 2. The largest absolute Gasteiger partial charge is 0.380 e. The van der Waals surface area contributed by atoms with E-state index < -0.39 is 0 Å². The first-order chi connectivity index (χ1) is 7.69. The van der Waals surface area contributed by atoms with E-state index in [9.17, 15) is 4.39 Å². The Morgan fingerprint density at radius 2 is 2.25 bits per heavy atom. The van der Waals surface area contributed by atoms with Crippen molar-refractivity contribution in [1.82, 2.24) is 5.32 Å². The Morgan fingerprint density at radius 3 is 2.88 bits per heavy atom. The maximum absolute atomic E-state index is 13.3. The van der Waals surface area contributed by atoms with Gasteiger partial charge in [-0.2, -0.15) is 0 Å². The van der Waals surface area contributed by atoms with Crippen LogP contribution >= 0.6 is 15.9 Å². The molecule has 1 atom stereocenters. The number of hydrogen-bond donors (Lipinski definition) is 1. The lowest BCUT2D eigenvalue weighted by molar-refractivity contribution is 0.125. The maximum Gasteiger partial charge on any atom is 0.137 e. The fourth-order valence-electron chi connectivity index (χ4n) is 1.48. The number of benzene rings is 1. The van der Waals surface area contributed by atoms with Crippen LogP contribution in [0.5, 0.6) is 0 Å². The fourth-order valence-corrected chi connectivity index (χ4v) is 1.90. The van der Waals surface area contributed by atoms with Crippen molar-refractivity contribution in [2.75, 3.05) is 20.3 Å². The van der Waals surface area contributed by atoms with Crippen LogP contribution in [0.3, 0.4) is 0 Å². The molecule has 1 N–H and O–H groups in total. The fraction of sp³-hybridized carbons (Fsp3) is 0.500. The van der Waals surface area contributed by atoms with Crippen LogP contribution in [-0.4, -0.2) is 26.3 Å². The van der Waals surface area contributed by atoms with Crippen LogP contribution in [0.2, 0.25) is 0 Å². The van der Waals surface area contributed by atoms with Gasteiger partial charge in [-0.25, -0.2) is 4.39 Å². The number of halogens is 2. The van der Waals surface area contributed by atoms with E-state index in [4.69, 9.17) is 4.74 Å². The number of nitrogens with one attached hydrogen (secondary N) is 1. The SMILES string of the molecule is CCOCC(Cc1cccc(F)c1Br)NC. The lowest BCUT2D eigenvalue weighted by Gasteiger charge is -2.16. The number of rotatable bonds is 6. The molecule has 0 heterocycles. The molecular weight excluding hydrogens is 273 g/mol. The van der Waals surface area contributed by atoms with Crippen molar-refractivity contribution in [3.63, 3.8) is 0 Å². The average molecular weight is 290 g/mol. The van der Waals surface area contributed by atoms with E-state index in [1.54, 1.807) is 6.07 Å². The first kappa shape index (κ1) is 13.6. The quantitative estimate of drug-likeness (QED) is 0.870. The molecule has 0 aliphatic rings. The standard InChI is InChI=1S/C12H17BrFNO/c1-3-16-8-10(15-2)7-9-5-4-6-11(14)12(9)13/h4-6,10,15H,3,7-8H2,1-2H3. The van der Waals surface area contributed by atoms with E-state index >= 15 is 0 Å². The second kappa shape index (κ2) is 6.99. The van der Waals surface area contributed by atoms with E-state index in [-0.39, 0.29) is 11.9 Å². The Bertz CT molecular complexity index is 333. The molecule has 2 nitrogen and oxygen atoms in total. The summed E-state index contributed by atoms with van der Waals surface area (Å²) in [4.78, 5) is 0. The van der Waals surface area contributed by atoms with E-state index in [2.05, 4.69) is 21.2 Å². The van der Waals surface area contributed by atoms with Crippen molar-refractivity contribution in [3.8, 4) is 0 Å². The zero-order chi connectivity index (χ0) is 12.0. The third kappa shape index (κ3) is 3.85. The van der Waals surface area contributed by atoms with Gasteiger partial charge in [-0.3, -0.25) is 0 Å². The molecule has 16 heavy (non-hydrogen) atoms. The molecule has 0 saturated heterocycles. The molecule has 1 aromatic rings. The molecule has 1 aromatic carbocycles. The van der Waals surface area contributed by atoms with Crippen molar-refractivity contribution in [2.24, 2.45) is 0 Å². The van der Waals surface area contributed by atoms with Gasteiger partial charge in [-0.05, 0) is 48.0 Å². The van der Waals surface area contributed by atoms with Crippen LogP contribution in [0.25, 0.3) is 0 Å². The molecule has 0 aliphatic carbocycles. The van der Waals surface area contributed by atoms with Crippen molar-refractivity contribution < 1.29 is 9.13 Å². The highest BCUT2D eigenvalue weighted by Crippen LogP contribution is 2.21. The second-order valence-electron chi connectivity index (χ2n) is 3.56. The summed E-state index contributed by atoms with van der Waals surface area (Å²) in [6.45, 7) is 3.29. The van der Waals surface area contributed by atoms with Crippen LogP contribution in [0, 0.1) is 5.82 Å². The van der Waals surface area contributed by atoms with Gasteiger partial charge in [-0.15, -0.1) is 0 Å². The number of ether oxygens (including phenoxy) is 1. The molecule has 0 bridgehead atoms. The lowest BCUT2D eigenvalue weighted by Crippen LogP contribution is -2.32. The molecule has 1 rings (SSSR count). The third-order valence-corrected chi connectivity index (χ3v) is 3.32. The normalized spacial score (nSPS) is 12.8. The minimum atomic E-state index is -0.219.